The SMILES string of the molecule is CCCNc1c2c(nc3c(Br)c(C)ccc13)CCCCC2. The average molecular weight is 347 g/mol. The molecule has 0 saturated heterocycles. The van der Waals surface area contributed by atoms with E-state index in [1.165, 1.54) is 47.2 Å². The van der Waals surface area contributed by atoms with Gasteiger partial charge >= 0.3 is 0 Å². The highest BCUT2D eigenvalue weighted by Crippen LogP contribution is 2.36. The van der Waals surface area contributed by atoms with Crippen molar-refractivity contribution >= 4 is 32.5 Å². The maximum Gasteiger partial charge on any atom is 0.0870 e. The van der Waals surface area contributed by atoms with Crippen LogP contribution in [0.15, 0.2) is 16.6 Å². The number of anilines is 1. The Morgan fingerprint density at radius 2 is 2.00 bits per heavy atom. The number of aryl methyl sites for hydroxylation is 2. The zero-order valence-electron chi connectivity index (χ0n) is 12.9. The maximum atomic E-state index is 5.02. The Hall–Kier alpha value is -1.09. The minimum atomic E-state index is 1.02. The summed E-state index contributed by atoms with van der Waals surface area (Å²) in [5.74, 6) is 0. The molecule has 0 saturated carbocycles. The summed E-state index contributed by atoms with van der Waals surface area (Å²) >= 11 is 3.74. The van der Waals surface area contributed by atoms with Crippen molar-refractivity contribution in [3.8, 4) is 0 Å². The van der Waals surface area contributed by atoms with Gasteiger partial charge in [-0.15, -0.1) is 0 Å². The van der Waals surface area contributed by atoms with Gasteiger partial charge in [-0.25, -0.2) is 0 Å². The quantitative estimate of drug-likeness (QED) is 0.753. The van der Waals surface area contributed by atoms with Crippen LogP contribution in [0, 0.1) is 6.92 Å². The second-order valence-electron chi connectivity index (χ2n) is 5.99. The summed E-state index contributed by atoms with van der Waals surface area (Å²) in [6.07, 6.45) is 7.30. The van der Waals surface area contributed by atoms with E-state index < -0.39 is 0 Å². The van der Waals surface area contributed by atoms with Gasteiger partial charge < -0.3 is 5.32 Å². The van der Waals surface area contributed by atoms with Crippen molar-refractivity contribution in [2.75, 3.05) is 11.9 Å². The van der Waals surface area contributed by atoms with Crippen molar-refractivity contribution in [3.05, 3.63) is 33.4 Å². The van der Waals surface area contributed by atoms with Crippen LogP contribution in [0.25, 0.3) is 10.9 Å². The lowest BCUT2D eigenvalue weighted by Gasteiger charge is -2.18. The fraction of sp³-hybridized carbons (Fsp3) is 0.500. The third-order valence-electron chi connectivity index (χ3n) is 4.37. The van der Waals surface area contributed by atoms with Gasteiger partial charge in [0.25, 0.3) is 0 Å². The van der Waals surface area contributed by atoms with Gasteiger partial charge in [0.2, 0.25) is 0 Å². The molecule has 0 aliphatic heterocycles. The number of rotatable bonds is 3. The minimum Gasteiger partial charge on any atom is -0.384 e. The highest BCUT2D eigenvalue weighted by molar-refractivity contribution is 9.10. The van der Waals surface area contributed by atoms with Crippen LogP contribution in [-0.4, -0.2) is 11.5 Å². The molecule has 112 valence electrons. The Balaban J connectivity index is 2.26. The molecular formula is C18H23BrN2. The standard InChI is InChI=1S/C18H23BrN2/c1-3-11-20-17-13-7-5-4-6-8-15(13)21-18-14(17)10-9-12(2)16(18)19/h9-10H,3-8,11H2,1-2H3,(H,20,21). The summed E-state index contributed by atoms with van der Waals surface area (Å²) < 4.78 is 1.14. The fourth-order valence-corrected chi connectivity index (χ4v) is 3.62. The number of halogens is 1. The van der Waals surface area contributed by atoms with Crippen molar-refractivity contribution in [2.24, 2.45) is 0 Å². The summed E-state index contributed by atoms with van der Waals surface area (Å²) in [4.78, 5) is 5.02. The molecule has 1 heterocycles. The molecule has 1 aromatic carbocycles. The van der Waals surface area contributed by atoms with Crippen LogP contribution in [0.4, 0.5) is 5.69 Å². The smallest absolute Gasteiger partial charge is 0.0870 e. The predicted octanol–water partition coefficient (Wildman–Crippen LogP) is 5.40. The molecule has 21 heavy (non-hydrogen) atoms. The van der Waals surface area contributed by atoms with Gasteiger partial charge in [0, 0.05) is 27.8 Å². The van der Waals surface area contributed by atoms with Crippen molar-refractivity contribution < 1.29 is 0 Å². The molecule has 0 unspecified atom stereocenters. The molecule has 3 heteroatoms. The highest BCUT2D eigenvalue weighted by atomic mass is 79.9. The van der Waals surface area contributed by atoms with E-state index in [2.05, 4.69) is 47.2 Å². The van der Waals surface area contributed by atoms with Gasteiger partial charge in [-0.1, -0.05) is 25.5 Å². The molecule has 1 aliphatic rings. The molecule has 1 aliphatic carbocycles. The first-order valence-electron chi connectivity index (χ1n) is 8.06. The number of nitrogens with one attached hydrogen (secondary N) is 1. The molecule has 0 amide bonds. The molecule has 0 spiro atoms. The highest BCUT2D eigenvalue weighted by Gasteiger charge is 2.18. The third kappa shape index (κ3) is 2.80. The molecule has 0 radical (unpaired) electrons. The number of benzene rings is 1. The number of aromatic nitrogens is 1. The zero-order valence-corrected chi connectivity index (χ0v) is 14.5. The lowest BCUT2D eigenvalue weighted by atomic mass is 10.0. The third-order valence-corrected chi connectivity index (χ3v) is 5.37. The Kier molecular flexibility index (Phi) is 4.48. The van der Waals surface area contributed by atoms with E-state index in [9.17, 15) is 0 Å². The summed E-state index contributed by atoms with van der Waals surface area (Å²) in [5, 5.41) is 4.94. The molecule has 0 atom stereocenters. The first-order valence-corrected chi connectivity index (χ1v) is 8.86. The van der Waals surface area contributed by atoms with Crippen molar-refractivity contribution in [3.63, 3.8) is 0 Å². The summed E-state index contributed by atoms with van der Waals surface area (Å²) in [7, 11) is 0. The van der Waals surface area contributed by atoms with Crippen molar-refractivity contribution in [1.29, 1.82) is 0 Å². The van der Waals surface area contributed by atoms with Crippen molar-refractivity contribution in [2.45, 2.75) is 52.4 Å². The van der Waals surface area contributed by atoms with E-state index in [0.717, 1.165) is 35.8 Å². The van der Waals surface area contributed by atoms with Crippen LogP contribution in [0.5, 0.6) is 0 Å². The van der Waals surface area contributed by atoms with Gasteiger partial charge in [0.05, 0.1) is 5.52 Å². The minimum absolute atomic E-state index is 1.02. The van der Waals surface area contributed by atoms with Crippen LogP contribution < -0.4 is 5.32 Å². The zero-order chi connectivity index (χ0) is 14.8. The van der Waals surface area contributed by atoms with Crippen LogP contribution in [-0.2, 0) is 12.8 Å². The normalized spacial score (nSPS) is 14.8. The Morgan fingerprint density at radius 1 is 1.19 bits per heavy atom. The van der Waals surface area contributed by atoms with E-state index in [1.54, 1.807) is 0 Å². The van der Waals surface area contributed by atoms with E-state index in [4.69, 9.17) is 4.98 Å². The van der Waals surface area contributed by atoms with Gasteiger partial charge in [0.1, 0.15) is 0 Å². The molecule has 2 nitrogen and oxygen atoms in total. The molecule has 1 aromatic heterocycles. The second-order valence-corrected chi connectivity index (χ2v) is 6.79. The predicted molar refractivity (Wildman–Crippen MR) is 94.2 cm³/mol. The molecular weight excluding hydrogens is 324 g/mol. The average Bonchev–Trinajstić information content (AvgIpc) is 2.73. The first kappa shape index (κ1) is 14.8. The lowest BCUT2D eigenvalue weighted by Crippen LogP contribution is -2.08. The van der Waals surface area contributed by atoms with Crippen molar-refractivity contribution in [1.82, 2.24) is 4.98 Å². The Bertz CT molecular complexity index is 664. The second kappa shape index (κ2) is 6.35. The molecule has 0 bridgehead atoms. The molecule has 2 aromatic rings. The van der Waals surface area contributed by atoms with E-state index in [1.807, 2.05) is 0 Å². The monoisotopic (exact) mass is 346 g/mol. The van der Waals surface area contributed by atoms with E-state index >= 15 is 0 Å². The first-order chi connectivity index (χ1) is 10.2. The maximum absolute atomic E-state index is 5.02. The van der Waals surface area contributed by atoms with Crippen LogP contribution >= 0.6 is 15.9 Å². The van der Waals surface area contributed by atoms with E-state index in [-0.39, 0.29) is 0 Å². The number of hydrogen-bond acceptors (Lipinski definition) is 2. The summed E-state index contributed by atoms with van der Waals surface area (Å²) in [5.41, 5.74) is 6.48. The number of pyridine rings is 1. The Morgan fingerprint density at radius 3 is 2.81 bits per heavy atom. The number of fused-ring (bicyclic) bond motifs is 2. The molecule has 0 fully saturated rings. The number of hydrogen-bond donors (Lipinski definition) is 1. The van der Waals surface area contributed by atoms with Gasteiger partial charge in [-0.05, 0) is 66.1 Å². The topological polar surface area (TPSA) is 24.9 Å². The van der Waals surface area contributed by atoms with Crippen LogP contribution in [0.2, 0.25) is 0 Å². The molecule has 3 rings (SSSR count). The Labute approximate surface area is 135 Å². The van der Waals surface area contributed by atoms with Crippen LogP contribution in [0.1, 0.15) is 49.4 Å². The summed E-state index contributed by atoms with van der Waals surface area (Å²) in [6, 6.07) is 4.42. The summed E-state index contributed by atoms with van der Waals surface area (Å²) in [6.45, 7) is 5.38. The van der Waals surface area contributed by atoms with E-state index in [0.29, 0.717) is 0 Å². The largest absolute Gasteiger partial charge is 0.384 e. The van der Waals surface area contributed by atoms with Gasteiger partial charge in [0.15, 0.2) is 0 Å². The number of nitrogens with zero attached hydrogens (tertiary/aromatic N) is 1. The van der Waals surface area contributed by atoms with Gasteiger partial charge in [-0.3, -0.25) is 4.98 Å². The molecule has 1 N–H and O–H groups in total. The van der Waals surface area contributed by atoms with Gasteiger partial charge in [-0.2, -0.15) is 0 Å². The fourth-order valence-electron chi connectivity index (χ4n) is 3.18. The lowest BCUT2D eigenvalue weighted by molar-refractivity contribution is 0.709. The van der Waals surface area contributed by atoms with Crippen LogP contribution in [0.3, 0.4) is 0 Å².